The largest absolute Gasteiger partial charge is 0.310 e. The summed E-state index contributed by atoms with van der Waals surface area (Å²) in [6, 6.07) is 13.9. The fourth-order valence-corrected chi connectivity index (χ4v) is 2.52. The van der Waals surface area contributed by atoms with E-state index in [0.717, 1.165) is 24.0 Å². The fraction of sp³-hybridized carbons (Fsp3) is 0.421. The minimum atomic E-state index is 0.574. The zero-order chi connectivity index (χ0) is 14.8. The van der Waals surface area contributed by atoms with Gasteiger partial charge in [0.25, 0.3) is 0 Å². The minimum Gasteiger partial charge on any atom is -0.310 e. The highest BCUT2D eigenvalue weighted by Crippen LogP contribution is 2.23. The number of hydrogen-bond acceptors (Lipinski definition) is 2. The quantitative estimate of drug-likeness (QED) is 0.876. The molecule has 1 aliphatic carbocycles. The third-order valence-corrected chi connectivity index (χ3v) is 4.23. The van der Waals surface area contributed by atoms with E-state index >= 15 is 0 Å². The molecule has 0 amide bonds. The van der Waals surface area contributed by atoms with Gasteiger partial charge in [-0.3, -0.25) is 4.98 Å². The Morgan fingerprint density at radius 3 is 2.38 bits per heavy atom. The van der Waals surface area contributed by atoms with Crippen LogP contribution in [0.15, 0.2) is 36.4 Å². The Labute approximate surface area is 127 Å². The van der Waals surface area contributed by atoms with Crippen LogP contribution in [0.5, 0.6) is 0 Å². The molecule has 0 spiro atoms. The molecule has 21 heavy (non-hydrogen) atoms. The average molecular weight is 280 g/mol. The van der Waals surface area contributed by atoms with Gasteiger partial charge in [-0.2, -0.15) is 0 Å². The van der Waals surface area contributed by atoms with E-state index in [2.05, 4.69) is 62.5 Å². The van der Waals surface area contributed by atoms with Crippen molar-refractivity contribution < 1.29 is 0 Å². The summed E-state index contributed by atoms with van der Waals surface area (Å²) in [6.45, 7) is 7.49. The zero-order valence-corrected chi connectivity index (χ0v) is 13.2. The number of nitrogens with one attached hydrogen (secondary N) is 1. The third kappa shape index (κ3) is 3.51. The van der Waals surface area contributed by atoms with E-state index in [9.17, 15) is 0 Å². The van der Waals surface area contributed by atoms with Crippen molar-refractivity contribution in [3.8, 4) is 11.3 Å². The molecule has 2 heteroatoms. The second-order valence-corrected chi connectivity index (χ2v) is 6.37. The standard InChI is InChI=1S/C19H24N2/c1-13(2)15-4-6-16(7-5-15)19-11-8-17(14(3)21-19)12-20-18-9-10-18/h4-8,11,13,18,20H,9-10,12H2,1-3H3. The molecule has 1 N–H and O–H groups in total. The summed E-state index contributed by atoms with van der Waals surface area (Å²) in [5.41, 5.74) is 6.08. The maximum Gasteiger partial charge on any atom is 0.0705 e. The molecule has 1 aliphatic rings. The summed E-state index contributed by atoms with van der Waals surface area (Å²) in [6.07, 6.45) is 2.65. The van der Waals surface area contributed by atoms with E-state index < -0.39 is 0 Å². The fourth-order valence-electron chi connectivity index (χ4n) is 2.52. The number of benzene rings is 1. The van der Waals surface area contributed by atoms with Crippen LogP contribution >= 0.6 is 0 Å². The molecule has 3 rings (SSSR count). The smallest absolute Gasteiger partial charge is 0.0705 e. The van der Waals surface area contributed by atoms with Crippen molar-refractivity contribution in [3.05, 3.63) is 53.2 Å². The van der Waals surface area contributed by atoms with Gasteiger partial charge in [-0.05, 0) is 42.9 Å². The van der Waals surface area contributed by atoms with E-state index in [1.807, 2.05) is 0 Å². The van der Waals surface area contributed by atoms with Crippen LogP contribution < -0.4 is 5.32 Å². The number of nitrogens with zero attached hydrogens (tertiary/aromatic N) is 1. The molecular weight excluding hydrogens is 256 g/mol. The Morgan fingerprint density at radius 2 is 1.81 bits per heavy atom. The van der Waals surface area contributed by atoms with Gasteiger partial charge in [0, 0.05) is 23.8 Å². The van der Waals surface area contributed by atoms with E-state index in [1.54, 1.807) is 0 Å². The molecule has 1 aromatic heterocycles. The maximum absolute atomic E-state index is 4.78. The van der Waals surface area contributed by atoms with Gasteiger partial charge in [-0.15, -0.1) is 0 Å². The molecule has 0 unspecified atom stereocenters. The summed E-state index contributed by atoms with van der Waals surface area (Å²) in [7, 11) is 0. The zero-order valence-electron chi connectivity index (χ0n) is 13.2. The maximum atomic E-state index is 4.78. The van der Waals surface area contributed by atoms with E-state index in [-0.39, 0.29) is 0 Å². The lowest BCUT2D eigenvalue weighted by Crippen LogP contribution is -2.16. The van der Waals surface area contributed by atoms with Crippen LogP contribution in [0, 0.1) is 6.92 Å². The minimum absolute atomic E-state index is 0.574. The lowest BCUT2D eigenvalue weighted by atomic mass is 10.0. The lowest BCUT2D eigenvalue weighted by Gasteiger charge is -2.10. The Morgan fingerprint density at radius 1 is 1.10 bits per heavy atom. The topological polar surface area (TPSA) is 24.9 Å². The van der Waals surface area contributed by atoms with Gasteiger partial charge in [0.2, 0.25) is 0 Å². The van der Waals surface area contributed by atoms with Gasteiger partial charge in [0.1, 0.15) is 0 Å². The van der Waals surface area contributed by atoms with Crippen molar-refractivity contribution in [1.82, 2.24) is 10.3 Å². The van der Waals surface area contributed by atoms with Crippen molar-refractivity contribution in [1.29, 1.82) is 0 Å². The first-order valence-corrected chi connectivity index (χ1v) is 7.93. The molecule has 1 aromatic carbocycles. The van der Waals surface area contributed by atoms with Crippen LogP contribution in [-0.2, 0) is 6.54 Å². The highest BCUT2D eigenvalue weighted by molar-refractivity contribution is 5.60. The van der Waals surface area contributed by atoms with Crippen LogP contribution in [0.1, 0.15) is 49.4 Å². The summed E-state index contributed by atoms with van der Waals surface area (Å²) in [4.78, 5) is 4.78. The Kier molecular flexibility index (Phi) is 4.07. The van der Waals surface area contributed by atoms with Crippen molar-refractivity contribution in [2.75, 3.05) is 0 Å². The molecule has 1 heterocycles. The SMILES string of the molecule is Cc1nc(-c2ccc(C(C)C)cc2)ccc1CNC1CC1. The van der Waals surface area contributed by atoms with Gasteiger partial charge in [0.05, 0.1) is 5.69 Å². The monoisotopic (exact) mass is 280 g/mol. The third-order valence-electron chi connectivity index (χ3n) is 4.23. The molecule has 0 saturated heterocycles. The van der Waals surface area contributed by atoms with E-state index in [1.165, 1.54) is 29.5 Å². The van der Waals surface area contributed by atoms with Gasteiger partial charge in [-0.1, -0.05) is 44.2 Å². The average Bonchev–Trinajstić information content (AvgIpc) is 3.30. The van der Waals surface area contributed by atoms with Crippen molar-refractivity contribution in [3.63, 3.8) is 0 Å². The summed E-state index contributed by atoms with van der Waals surface area (Å²) >= 11 is 0. The first-order chi connectivity index (χ1) is 10.1. The van der Waals surface area contributed by atoms with Gasteiger partial charge >= 0.3 is 0 Å². The molecule has 0 radical (unpaired) electrons. The number of aryl methyl sites for hydroxylation is 1. The van der Waals surface area contributed by atoms with Crippen molar-refractivity contribution in [2.45, 2.75) is 52.1 Å². The molecule has 0 bridgehead atoms. The van der Waals surface area contributed by atoms with Gasteiger partial charge in [-0.25, -0.2) is 0 Å². The Bertz CT molecular complexity index is 610. The van der Waals surface area contributed by atoms with Crippen LogP contribution in [0.4, 0.5) is 0 Å². The molecule has 2 aromatic rings. The van der Waals surface area contributed by atoms with Crippen molar-refractivity contribution >= 4 is 0 Å². The summed E-state index contributed by atoms with van der Waals surface area (Å²) < 4.78 is 0. The number of rotatable bonds is 5. The van der Waals surface area contributed by atoms with Crippen LogP contribution in [0.3, 0.4) is 0 Å². The molecular formula is C19H24N2. The normalized spacial score (nSPS) is 14.7. The summed E-state index contributed by atoms with van der Waals surface area (Å²) in [5, 5.41) is 3.55. The second-order valence-electron chi connectivity index (χ2n) is 6.37. The van der Waals surface area contributed by atoms with Crippen LogP contribution in [-0.4, -0.2) is 11.0 Å². The molecule has 2 nitrogen and oxygen atoms in total. The Balaban J connectivity index is 1.76. The number of hydrogen-bond donors (Lipinski definition) is 1. The van der Waals surface area contributed by atoms with Crippen molar-refractivity contribution in [2.24, 2.45) is 0 Å². The molecule has 1 fully saturated rings. The first-order valence-electron chi connectivity index (χ1n) is 7.93. The van der Waals surface area contributed by atoms with Crippen LogP contribution in [0.25, 0.3) is 11.3 Å². The Hall–Kier alpha value is -1.67. The van der Waals surface area contributed by atoms with E-state index in [0.29, 0.717) is 5.92 Å². The van der Waals surface area contributed by atoms with Gasteiger partial charge < -0.3 is 5.32 Å². The first kappa shape index (κ1) is 14.3. The molecule has 0 atom stereocenters. The lowest BCUT2D eigenvalue weighted by molar-refractivity contribution is 0.682. The highest BCUT2D eigenvalue weighted by atomic mass is 14.9. The predicted octanol–water partition coefficient (Wildman–Crippen LogP) is 4.43. The predicted molar refractivity (Wildman–Crippen MR) is 88.4 cm³/mol. The molecule has 110 valence electrons. The molecule has 0 aliphatic heterocycles. The van der Waals surface area contributed by atoms with Gasteiger partial charge in [0.15, 0.2) is 0 Å². The second kappa shape index (κ2) is 5.98. The number of aromatic nitrogens is 1. The molecule has 1 saturated carbocycles. The summed E-state index contributed by atoms with van der Waals surface area (Å²) in [5.74, 6) is 0.574. The van der Waals surface area contributed by atoms with E-state index in [4.69, 9.17) is 4.98 Å². The highest BCUT2D eigenvalue weighted by Gasteiger charge is 2.20. The van der Waals surface area contributed by atoms with Crippen LogP contribution in [0.2, 0.25) is 0 Å². The number of pyridine rings is 1.